The van der Waals surface area contributed by atoms with E-state index in [2.05, 4.69) is 0 Å². The summed E-state index contributed by atoms with van der Waals surface area (Å²) in [5, 5.41) is 11.5. The van der Waals surface area contributed by atoms with Gasteiger partial charge in [-0.1, -0.05) is 29.8 Å². The smallest absolute Gasteiger partial charge is 0.300 e. The summed E-state index contributed by atoms with van der Waals surface area (Å²) in [6.07, 6.45) is 0. The van der Waals surface area contributed by atoms with E-state index < -0.39 is 29.3 Å². The van der Waals surface area contributed by atoms with Crippen molar-refractivity contribution in [2.45, 2.75) is 13.0 Å². The highest BCUT2D eigenvalue weighted by molar-refractivity contribution is 6.51. The van der Waals surface area contributed by atoms with Crippen LogP contribution in [0, 0.1) is 5.82 Å². The van der Waals surface area contributed by atoms with Crippen molar-refractivity contribution in [1.29, 1.82) is 0 Å². The Labute approximate surface area is 200 Å². The molecule has 1 aliphatic rings. The molecule has 3 aromatic rings. The van der Waals surface area contributed by atoms with Gasteiger partial charge >= 0.3 is 0 Å². The molecule has 1 fully saturated rings. The Morgan fingerprint density at radius 3 is 2.44 bits per heavy atom. The zero-order valence-corrected chi connectivity index (χ0v) is 19.2. The van der Waals surface area contributed by atoms with E-state index in [1.54, 1.807) is 37.3 Å². The number of aliphatic hydroxyl groups is 1. The lowest BCUT2D eigenvalue weighted by Crippen LogP contribution is -2.29. The number of carbonyl (C=O) groups is 2. The molecule has 4 rings (SSSR count). The van der Waals surface area contributed by atoms with Crippen molar-refractivity contribution in [3.8, 4) is 11.5 Å². The average Bonchev–Trinajstić information content (AvgIpc) is 3.10. The van der Waals surface area contributed by atoms with Crippen LogP contribution in [-0.4, -0.2) is 30.5 Å². The molecule has 1 saturated heterocycles. The van der Waals surface area contributed by atoms with Gasteiger partial charge in [0.05, 0.1) is 30.4 Å². The van der Waals surface area contributed by atoms with Crippen molar-refractivity contribution in [3.63, 3.8) is 0 Å². The van der Waals surface area contributed by atoms with Gasteiger partial charge in [-0.25, -0.2) is 4.39 Å². The molecular formula is C26H21ClFNO5. The molecular weight excluding hydrogens is 461 g/mol. The molecule has 1 unspecified atom stereocenters. The maximum atomic E-state index is 14.9. The van der Waals surface area contributed by atoms with Crippen molar-refractivity contribution >= 4 is 34.7 Å². The van der Waals surface area contributed by atoms with Crippen LogP contribution in [0.2, 0.25) is 5.02 Å². The largest absolute Gasteiger partial charge is 0.507 e. The number of hydrogen-bond donors (Lipinski definition) is 1. The molecule has 1 amide bonds. The Kier molecular flexibility index (Phi) is 6.56. The van der Waals surface area contributed by atoms with E-state index in [-0.39, 0.29) is 16.7 Å². The summed E-state index contributed by atoms with van der Waals surface area (Å²) < 4.78 is 25.6. The van der Waals surface area contributed by atoms with Crippen molar-refractivity contribution in [2.24, 2.45) is 0 Å². The molecule has 6 nitrogen and oxygen atoms in total. The fourth-order valence-electron chi connectivity index (χ4n) is 3.91. The van der Waals surface area contributed by atoms with Gasteiger partial charge in [-0.05, 0) is 55.5 Å². The van der Waals surface area contributed by atoms with E-state index in [1.165, 1.54) is 48.4 Å². The highest BCUT2D eigenvalue weighted by Gasteiger charge is 2.47. The normalized spacial score (nSPS) is 17.2. The number of ether oxygens (including phenoxy) is 2. The Balaban J connectivity index is 1.93. The minimum Gasteiger partial charge on any atom is -0.507 e. The standard InChI is InChI=1S/C26H21ClFNO5/c1-3-34-21-14-15(8-13-19(21)27)24(30)22-23(18-6-4-5-7-20(18)28)29(26(32)25(22)31)16-9-11-17(33-2)12-10-16/h4-14,23,30H,3H2,1-2H3/b24-22+. The second kappa shape index (κ2) is 9.57. The van der Waals surface area contributed by atoms with E-state index in [4.69, 9.17) is 21.1 Å². The molecule has 0 radical (unpaired) electrons. The monoisotopic (exact) mass is 481 g/mol. The van der Waals surface area contributed by atoms with Gasteiger partial charge in [0.1, 0.15) is 23.1 Å². The number of rotatable bonds is 6. The third-order valence-electron chi connectivity index (χ3n) is 5.50. The number of ketones is 1. The van der Waals surface area contributed by atoms with Gasteiger partial charge in [-0.3, -0.25) is 14.5 Å². The van der Waals surface area contributed by atoms with Gasteiger partial charge in [0.15, 0.2) is 0 Å². The summed E-state index contributed by atoms with van der Waals surface area (Å²) in [6, 6.07) is 15.5. The number of methoxy groups -OCH3 is 1. The lowest BCUT2D eigenvalue weighted by atomic mass is 9.94. The van der Waals surface area contributed by atoms with Gasteiger partial charge in [0, 0.05) is 16.8 Å². The number of carbonyl (C=O) groups excluding carboxylic acids is 2. The summed E-state index contributed by atoms with van der Waals surface area (Å²) in [7, 11) is 1.50. The predicted octanol–water partition coefficient (Wildman–Crippen LogP) is 5.51. The van der Waals surface area contributed by atoms with E-state index in [9.17, 15) is 19.1 Å². The molecule has 1 heterocycles. The molecule has 1 atom stereocenters. The molecule has 0 spiro atoms. The van der Waals surface area contributed by atoms with Gasteiger partial charge in [-0.2, -0.15) is 0 Å². The molecule has 1 aliphatic heterocycles. The number of hydrogen-bond acceptors (Lipinski definition) is 5. The van der Waals surface area contributed by atoms with Crippen molar-refractivity contribution < 1.29 is 28.6 Å². The fourth-order valence-corrected chi connectivity index (χ4v) is 4.08. The number of Topliss-reactive ketones (excluding diaryl/α,β-unsaturated/α-hetero) is 1. The molecule has 0 bridgehead atoms. The second-order valence-corrected chi connectivity index (χ2v) is 7.87. The first-order chi connectivity index (χ1) is 16.4. The van der Waals surface area contributed by atoms with Crippen LogP contribution in [0.15, 0.2) is 72.3 Å². The van der Waals surface area contributed by atoms with Gasteiger partial charge < -0.3 is 14.6 Å². The zero-order valence-electron chi connectivity index (χ0n) is 18.4. The zero-order chi connectivity index (χ0) is 24.4. The minimum atomic E-state index is -1.19. The van der Waals surface area contributed by atoms with Crippen molar-refractivity contribution in [1.82, 2.24) is 0 Å². The Hall–Kier alpha value is -3.84. The molecule has 0 aromatic heterocycles. The lowest BCUT2D eigenvalue weighted by molar-refractivity contribution is -0.132. The topological polar surface area (TPSA) is 76.1 Å². The first-order valence-electron chi connectivity index (χ1n) is 10.5. The van der Waals surface area contributed by atoms with E-state index in [1.807, 2.05) is 0 Å². The van der Waals surface area contributed by atoms with Gasteiger partial charge in [0.25, 0.3) is 11.7 Å². The summed E-state index contributed by atoms with van der Waals surface area (Å²) in [5.74, 6) is -2.05. The summed E-state index contributed by atoms with van der Waals surface area (Å²) in [5.41, 5.74) is 0.386. The van der Waals surface area contributed by atoms with Crippen LogP contribution in [0.5, 0.6) is 11.5 Å². The first kappa shape index (κ1) is 23.3. The predicted molar refractivity (Wildman–Crippen MR) is 127 cm³/mol. The van der Waals surface area contributed by atoms with E-state index >= 15 is 0 Å². The quantitative estimate of drug-likeness (QED) is 0.285. The lowest BCUT2D eigenvalue weighted by Gasteiger charge is -2.26. The van der Waals surface area contributed by atoms with Crippen molar-refractivity contribution in [3.05, 3.63) is 94.3 Å². The second-order valence-electron chi connectivity index (χ2n) is 7.47. The average molecular weight is 482 g/mol. The number of benzene rings is 3. The Morgan fingerprint density at radius 2 is 1.79 bits per heavy atom. The van der Waals surface area contributed by atoms with Crippen LogP contribution >= 0.6 is 11.6 Å². The summed E-state index contributed by atoms with van der Waals surface area (Å²) >= 11 is 6.15. The number of aliphatic hydroxyl groups excluding tert-OH is 1. The summed E-state index contributed by atoms with van der Waals surface area (Å²) in [6.45, 7) is 2.11. The molecule has 8 heteroatoms. The van der Waals surface area contributed by atoms with Crippen LogP contribution < -0.4 is 14.4 Å². The van der Waals surface area contributed by atoms with Crippen LogP contribution in [0.1, 0.15) is 24.1 Å². The maximum Gasteiger partial charge on any atom is 0.300 e. The van der Waals surface area contributed by atoms with E-state index in [0.29, 0.717) is 28.8 Å². The van der Waals surface area contributed by atoms with Crippen LogP contribution in [0.4, 0.5) is 10.1 Å². The van der Waals surface area contributed by atoms with Crippen LogP contribution in [-0.2, 0) is 9.59 Å². The van der Waals surface area contributed by atoms with Gasteiger partial charge in [0.2, 0.25) is 0 Å². The SMILES string of the molecule is CCOc1cc(/C(O)=C2\C(=O)C(=O)N(c3ccc(OC)cc3)C2c2ccccc2F)ccc1Cl. The highest BCUT2D eigenvalue weighted by atomic mass is 35.5. The fraction of sp³-hybridized carbons (Fsp3) is 0.154. The summed E-state index contributed by atoms with van der Waals surface area (Å²) in [4.78, 5) is 27.5. The first-order valence-corrected chi connectivity index (χ1v) is 10.9. The Morgan fingerprint density at radius 1 is 1.09 bits per heavy atom. The van der Waals surface area contributed by atoms with Gasteiger partial charge in [-0.15, -0.1) is 0 Å². The molecule has 0 saturated carbocycles. The number of halogens is 2. The Bertz CT molecular complexity index is 1290. The van der Waals surface area contributed by atoms with Crippen LogP contribution in [0.25, 0.3) is 5.76 Å². The molecule has 0 aliphatic carbocycles. The molecule has 3 aromatic carbocycles. The van der Waals surface area contributed by atoms with Crippen LogP contribution in [0.3, 0.4) is 0 Å². The third kappa shape index (κ3) is 4.10. The van der Waals surface area contributed by atoms with E-state index in [0.717, 1.165) is 0 Å². The number of nitrogens with zero attached hydrogens (tertiary/aromatic N) is 1. The maximum absolute atomic E-state index is 14.9. The molecule has 174 valence electrons. The molecule has 1 N–H and O–H groups in total. The third-order valence-corrected chi connectivity index (χ3v) is 5.81. The highest BCUT2D eigenvalue weighted by Crippen LogP contribution is 2.43. The number of amides is 1. The molecule has 34 heavy (non-hydrogen) atoms. The van der Waals surface area contributed by atoms with Crippen molar-refractivity contribution in [2.75, 3.05) is 18.6 Å². The number of anilines is 1. The minimum absolute atomic E-state index is 0.0677.